The van der Waals surface area contributed by atoms with E-state index >= 15 is 0 Å². The number of carbonyl (C=O) groups is 3. The summed E-state index contributed by atoms with van der Waals surface area (Å²) >= 11 is 0. The van der Waals surface area contributed by atoms with Gasteiger partial charge in [-0.25, -0.2) is 9.18 Å². The van der Waals surface area contributed by atoms with Gasteiger partial charge < -0.3 is 21.3 Å². The predicted octanol–water partition coefficient (Wildman–Crippen LogP) is 4.04. The van der Waals surface area contributed by atoms with E-state index in [2.05, 4.69) is 24.5 Å². The molecule has 1 saturated heterocycles. The molecule has 1 atom stereocenters. The molecule has 1 saturated carbocycles. The Balaban J connectivity index is 1.57. The van der Waals surface area contributed by atoms with Crippen LogP contribution in [0.2, 0.25) is 0 Å². The maximum Gasteiger partial charge on any atom is 0.323 e. The molecule has 0 bridgehead atoms. The van der Waals surface area contributed by atoms with E-state index in [9.17, 15) is 18.8 Å². The van der Waals surface area contributed by atoms with Crippen molar-refractivity contribution in [2.24, 2.45) is 5.73 Å². The summed E-state index contributed by atoms with van der Waals surface area (Å²) in [6.07, 6.45) is 2.42. The summed E-state index contributed by atoms with van der Waals surface area (Å²) < 4.78 is 13.9. The van der Waals surface area contributed by atoms with Gasteiger partial charge in [-0.05, 0) is 73.9 Å². The van der Waals surface area contributed by atoms with E-state index < -0.39 is 29.8 Å². The van der Waals surface area contributed by atoms with Gasteiger partial charge in [-0.1, -0.05) is 32.0 Å². The standard InChI is InChI=1S/C28H36FN5O3/c1-18(2)19-7-11-24(12-8-19)32-28(37)34-16-4-15-33(27(36)20-5-3-6-21(29)17-20)26(34)25(35)31-23-13-9-22(30)10-14-23/h3,5-8,11-12,17-18,22-23,26H,4,9-10,13-16,30H2,1-2H3,(H,31,35)(H,32,37). The van der Waals surface area contributed by atoms with Crippen molar-refractivity contribution in [3.8, 4) is 0 Å². The SMILES string of the molecule is CC(C)c1ccc(NC(=O)N2CCCN(C(=O)c3cccc(F)c3)C2C(=O)NC2CCC(N)CC2)cc1. The van der Waals surface area contributed by atoms with Crippen LogP contribution in [0, 0.1) is 5.82 Å². The Morgan fingerprint density at radius 1 is 0.973 bits per heavy atom. The molecular weight excluding hydrogens is 473 g/mol. The number of hydrogen-bond donors (Lipinski definition) is 3. The van der Waals surface area contributed by atoms with Crippen LogP contribution >= 0.6 is 0 Å². The highest BCUT2D eigenvalue weighted by atomic mass is 19.1. The van der Waals surface area contributed by atoms with E-state index in [-0.39, 0.29) is 24.2 Å². The number of nitrogens with one attached hydrogen (secondary N) is 2. The Bertz CT molecular complexity index is 1120. The molecule has 9 heteroatoms. The maximum absolute atomic E-state index is 13.9. The second kappa shape index (κ2) is 11.7. The molecule has 2 aromatic carbocycles. The average molecular weight is 510 g/mol. The molecule has 2 aliphatic rings. The van der Waals surface area contributed by atoms with Gasteiger partial charge in [0.25, 0.3) is 11.8 Å². The zero-order valence-electron chi connectivity index (χ0n) is 21.5. The van der Waals surface area contributed by atoms with Gasteiger partial charge in [-0.15, -0.1) is 0 Å². The fraction of sp³-hybridized carbons (Fsp3) is 0.464. The number of halogens is 1. The van der Waals surface area contributed by atoms with E-state index in [4.69, 9.17) is 5.73 Å². The Labute approximate surface area is 217 Å². The molecule has 4 N–H and O–H groups in total. The number of anilines is 1. The van der Waals surface area contributed by atoms with E-state index in [0.29, 0.717) is 24.6 Å². The lowest BCUT2D eigenvalue weighted by Crippen LogP contribution is -2.65. The summed E-state index contributed by atoms with van der Waals surface area (Å²) in [4.78, 5) is 43.2. The third kappa shape index (κ3) is 6.46. The zero-order chi connectivity index (χ0) is 26.5. The van der Waals surface area contributed by atoms with Crippen molar-refractivity contribution in [3.63, 3.8) is 0 Å². The van der Waals surface area contributed by atoms with Gasteiger partial charge in [0.2, 0.25) is 0 Å². The molecule has 198 valence electrons. The monoisotopic (exact) mass is 509 g/mol. The zero-order valence-corrected chi connectivity index (χ0v) is 21.5. The van der Waals surface area contributed by atoms with Crippen LogP contribution in [0.15, 0.2) is 48.5 Å². The largest absolute Gasteiger partial charge is 0.350 e. The van der Waals surface area contributed by atoms with Crippen LogP contribution in [0.5, 0.6) is 0 Å². The first-order chi connectivity index (χ1) is 17.7. The van der Waals surface area contributed by atoms with E-state index in [1.54, 1.807) is 0 Å². The Hall–Kier alpha value is -3.46. The first kappa shape index (κ1) is 26.6. The maximum atomic E-state index is 13.9. The molecule has 1 heterocycles. The highest BCUT2D eigenvalue weighted by Crippen LogP contribution is 2.23. The van der Waals surface area contributed by atoms with Gasteiger partial charge in [-0.3, -0.25) is 14.5 Å². The van der Waals surface area contributed by atoms with Crippen LogP contribution in [-0.4, -0.2) is 59.0 Å². The van der Waals surface area contributed by atoms with E-state index in [1.165, 1.54) is 28.0 Å². The number of benzene rings is 2. The van der Waals surface area contributed by atoms with Crippen LogP contribution in [0.3, 0.4) is 0 Å². The van der Waals surface area contributed by atoms with Gasteiger partial charge in [0.15, 0.2) is 6.17 Å². The summed E-state index contributed by atoms with van der Waals surface area (Å²) in [6, 6.07) is 12.5. The number of rotatable bonds is 5. The number of carbonyl (C=O) groups excluding carboxylic acids is 3. The van der Waals surface area contributed by atoms with Crippen molar-refractivity contribution < 1.29 is 18.8 Å². The normalized spacial score (nSPS) is 22.0. The molecule has 0 radical (unpaired) electrons. The molecule has 1 aliphatic carbocycles. The van der Waals surface area contributed by atoms with Crippen LogP contribution in [0.25, 0.3) is 0 Å². The number of urea groups is 1. The average Bonchev–Trinajstić information content (AvgIpc) is 2.89. The predicted molar refractivity (Wildman–Crippen MR) is 140 cm³/mol. The summed E-state index contributed by atoms with van der Waals surface area (Å²) in [7, 11) is 0. The Morgan fingerprint density at radius 2 is 1.65 bits per heavy atom. The van der Waals surface area contributed by atoms with Crippen molar-refractivity contribution >= 4 is 23.5 Å². The van der Waals surface area contributed by atoms with Crippen molar-refractivity contribution in [2.45, 2.75) is 70.1 Å². The van der Waals surface area contributed by atoms with Gasteiger partial charge in [0.1, 0.15) is 5.82 Å². The molecule has 2 aromatic rings. The Morgan fingerprint density at radius 3 is 2.30 bits per heavy atom. The van der Waals surface area contributed by atoms with Gasteiger partial charge in [0, 0.05) is 36.4 Å². The molecule has 0 aromatic heterocycles. The highest BCUT2D eigenvalue weighted by Gasteiger charge is 2.41. The molecule has 8 nitrogen and oxygen atoms in total. The van der Waals surface area contributed by atoms with E-state index in [0.717, 1.165) is 37.3 Å². The first-order valence-electron chi connectivity index (χ1n) is 13.0. The number of nitrogens with two attached hydrogens (primary N) is 1. The third-order valence-electron chi connectivity index (χ3n) is 7.16. The topological polar surface area (TPSA) is 108 Å². The highest BCUT2D eigenvalue weighted by molar-refractivity contribution is 6.00. The van der Waals surface area contributed by atoms with Crippen LogP contribution in [-0.2, 0) is 4.79 Å². The number of nitrogens with zero attached hydrogens (tertiary/aromatic N) is 2. The molecule has 1 unspecified atom stereocenters. The molecule has 4 rings (SSSR count). The quantitative estimate of drug-likeness (QED) is 0.565. The first-order valence-corrected chi connectivity index (χ1v) is 13.0. The van der Waals surface area contributed by atoms with Gasteiger partial charge >= 0.3 is 6.03 Å². The minimum Gasteiger partial charge on any atom is -0.350 e. The molecule has 1 aliphatic heterocycles. The molecule has 37 heavy (non-hydrogen) atoms. The van der Waals surface area contributed by atoms with Crippen LogP contribution in [0.1, 0.15) is 67.8 Å². The second-order valence-corrected chi connectivity index (χ2v) is 10.3. The minimum atomic E-state index is -1.16. The number of hydrogen-bond acceptors (Lipinski definition) is 4. The van der Waals surface area contributed by atoms with Gasteiger partial charge in [0.05, 0.1) is 0 Å². The third-order valence-corrected chi connectivity index (χ3v) is 7.16. The van der Waals surface area contributed by atoms with Crippen LogP contribution in [0.4, 0.5) is 14.9 Å². The summed E-state index contributed by atoms with van der Waals surface area (Å²) in [5.41, 5.74) is 7.89. The Kier molecular flexibility index (Phi) is 8.43. The molecule has 4 amide bonds. The lowest BCUT2D eigenvalue weighted by molar-refractivity contribution is -0.133. The van der Waals surface area contributed by atoms with Crippen LogP contribution < -0.4 is 16.4 Å². The summed E-state index contributed by atoms with van der Waals surface area (Å²) in [5, 5.41) is 5.91. The molecule has 2 fully saturated rings. The summed E-state index contributed by atoms with van der Waals surface area (Å²) in [5.74, 6) is -1.10. The smallest absolute Gasteiger partial charge is 0.323 e. The second-order valence-electron chi connectivity index (χ2n) is 10.3. The minimum absolute atomic E-state index is 0.0752. The lowest BCUT2D eigenvalue weighted by atomic mass is 9.91. The molecular formula is C28H36FN5O3. The lowest BCUT2D eigenvalue weighted by Gasteiger charge is -2.43. The fourth-order valence-electron chi connectivity index (χ4n) is 5.01. The van der Waals surface area contributed by atoms with Crippen molar-refractivity contribution in [3.05, 3.63) is 65.5 Å². The number of amides is 4. The van der Waals surface area contributed by atoms with E-state index in [1.807, 2.05) is 24.3 Å². The molecule has 0 spiro atoms. The van der Waals surface area contributed by atoms with Crippen molar-refractivity contribution in [1.82, 2.24) is 15.1 Å². The van der Waals surface area contributed by atoms with Crippen molar-refractivity contribution in [2.75, 3.05) is 18.4 Å². The van der Waals surface area contributed by atoms with Gasteiger partial charge in [-0.2, -0.15) is 0 Å². The summed E-state index contributed by atoms with van der Waals surface area (Å²) in [6.45, 7) is 4.76. The van der Waals surface area contributed by atoms with Crippen molar-refractivity contribution in [1.29, 1.82) is 0 Å². The fourth-order valence-corrected chi connectivity index (χ4v) is 5.01.